The molecular weight excluding hydrogens is 220 g/mol. The third-order valence-corrected chi connectivity index (χ3v) is 2.85. The monoisotopic (exact) mass is 228 g/mol. The molecular formula is C11H8N4O2. The molecule has 1 aliphatic carbocycles. The molecule has 0 spiro atoms. The van der Waals surface area contributed by atoms with Gasteiger partial charge in [0.2, 0.25) is 5.91 Å². The number of nitrogens with one attached hydrogen (secondary N) is 1. The van der Waals surface area contributed by atoms with Gasteiger partial charge in [-0.05, 0) is 6.07 Å². The van der Waals surface area contributed by atoms with Crippen molar-refractivity contribution >= 4 is 17.5 Å². The largest absolute Gasteiger partial charge is 0.382 e. The molecule has 0 unspecified atom stereocenters. The normalized spacial score (nSPS) is 12.4. The zero-order valence-corrected chi connectivity index (χ0v) is 8.65. The Balaban J connectivity index is 2.38. The quantitative estimate of drug-likeness (QED) is 0.555. The average Bonchev–Trinajstić information content (AvgIpc) is 2.81. The number of nitrogens with two attached hydrogens (primary N) is 2. The summed E-state index contributed by atoms with van der Waals surface area (Å²) in [7, 11) is 0. The Bertz CT molecular complexity index is 672. The lowest BCUT2D eigenvalue weighted by atomic mass is 10.0. The number of fused-ring (bicyclic) bond motifs is 3. The van der Waals surface area contributed by atoms with Crippen LogP contribution in [0.5, 0.6) is 0 Å². The summed E-state index contributed by atoms with van der Waals surface area (Å²) in [6.45, 7) is 0. The fourth-order valence-electron chi connectivity index (χ4n) is 2.12. The highest BCUT2D eigenvalue weighted by Crippen LogP contribution is 2.38. The van der Waals surface area contributed by atoms with Crippen LogP contribution in [-0.2, 0) is 0 Å². The summed E-state index contributed by atoms with van der Waals surface area (Å²) in [5.41, 5.74) is 12.8. The van der Waals surface area contributed by atoms with Gasteiger partial charge in [-0.15, -0.1) is 0 Å². The maximum absolute atomic E-state index is 12.1. The molecule has 0 atom stereocenters. The van der Waals surface area contributed by atoms with Crippen molar-refractivity contribution in [3.05, 3.63) is 34.9 Å². The molecule has 6 heteroatoms. The van der Waals surface area contributed by atoms with Crippen LogP contribution >= 0.6 is 0 Å². The summed E-state index contributed by atoms with van der Waals surface area (Å²) in [6, 6.07) is 4.91. The number of hydrogen-bond acceptors (Lipinski definition) is 4. The first-order valence-corrected chi connectivity index (χ1v) is 4.93. The number of primary amides is 1. The molecule has 3 rings (SSSR count). The van der Waals surface area contributed by atoms with Crippen molar-refractivity contribution in [2.45, 2.75) is 0 Å². The van der Waals surface area contributed by atoms with Gasteiger partial charge in [0.05, 0.1) is 16.8 Å². The SMILES string of the molecule is NC(=O)c1cccc2c1C(=O)c1c(N)n[nH]c1-2. The van der Waals surface area contributed by atoms with E-state index in [-0.39, 0.29) is 17.2 Å². The van der Waals surface area contributed by atoms with Gasteiger partial charge in [-0.1, -0.05) is 12.1 Å². The van der Waals surface area contributed by atoms with Crippen molar-refractivity contribution in [3.63, 3.8) is 0 Å². The highest BCUT2D eigenvalue weighted by molar-refractivity contribution is 6.26. The fourth-order valence-corrected chi connectivity index (χ4v) is 2.12. The summed E-state index contributed by atoms with van der Waals surface area (Å²) >= 11 is 0. The number of benzene rings is 1. The molecule has 6 nitrogen and oxygen atoms in total. The number of ketones is 1. The zero-order chi connectivity index (χ0) is 12.2. The number of amides is 1. The van der Waals surface area contributed by atoms with Gasteiger partial charge >= 0.3 is 0 Å². The minimum atomic E-state index is -0.633. The van der Waals surface area contributed by atoms with Crippen LogP contribution in [-0.4, -0.2) is 21.9 Å². The van der Waals surface area contributed by atoms with Crippen molar-refractivity contribution in [3.8, 4) is 11.3 Å². The number of nitrogens with zero attached hydrogens (tertiary/aromatic N) is 1. The summed E-state index contributed by atoms with van der Waals surface area (Å²) < 4.78 is 0. The van der Waals surface area contributed by atoms with Gasteiger partial charge in [-0.2, -0.15) is 5.10 Å². The third-order valence-electron chi connectivity index (χ3n) is 2.85. The fraction of sp³-hybridized carbons (Fsp3) is 0. The first-order chi connectivity index (χ1) is 8.11. The van der Waals surface area contributed by atoms with Crippen LogP contribution in [0.1, 0.15) is 26.3 Å². The molecule has 2 aromatic rings. The van der Waals surface area contributed by atoms with Gasteiger partial charge in [0.1, 0.15) is 0 Å². The second kappa shape index (κ2) is 2.94. The number of aromatic nitrogens is 2. The van der Waals surface area contributed by atoms with Crippen molar-refractivity contribution in [1.82, 2.24) is 10.2 Å². The van der Waals surface area contributed by atoms with Crippen LogP contribution in [0.2, 0.25) is 0 Å². The molecule has 5 N–H and O–H groups in total. The Morgan fingerprint density at radius 3 is 2.76 bits per heavy atom. The van der Waals surface area contributed by atoms with Crippen LogP contribution in [0.3, 0.4) is 0 Å². The van der Waals surface area contributed by atoms with E-state index in [9.17, 15) is 9.59 Å². The number of carbonyl (C=O) groups is 2. The number of carbonyl (C=O) groups excluding carboxylic acids is 2. The molecule has 1 heterocycles. The highest BCUT2D eigenvalue weighted by Gasteiger charge is 2.34. The topological polar surface area (TPSA) is 115 Å². The standard InChI is InChI=1S/C11H8N4O2/c12-10-7-8(14-15-10)4-2-1-3-5(11(13)17)6(4)9(7)16/h1-3H,(H2,13,17)(H3,12,14,15). The van der Waals surface area contributed by atoms with Gasteiger partial charge in [0.25, 0.3) is 0 Å². The van der Waals surface area contributed by atoms with Gasteiger partial charge in [0, 0.05) is 11.1 Å². The van der Waals surface area contributed by atoms with E-state index in [0.717, 1.165) is 0 Å². The Morgan fingerprint density at radius 1 is 1.29 bits per heavy atom. The summed E-state index contributed by atoms with van der Waals surface area (Å²) in [6.07, 6.45) is 0. The minimum Gasteiger partial charge on any atom is -0.382 e. The van der Waals surface area contributed by atoms with Crippen LogP contribution in [0.4, 0.5) is 5.82 Å². The van der Waals surface area contributed by atoms with Crippen molar-refractivity contribution in [1.29, 1.82) is 0 Å². The van der Waals surface area contributed by atoms with Crippen LogP contribution in [0, 0.1) is 0 Å². The summed E-state index contributed by atoms with van der Waals surface area (Å²) in [5, 5.41) is 6.47. The Morgan fingerprint density at radius 2 is 2.06 bits per heavy atom. The first kappa shape index (κ1) is 9.59. The average molecular weight is 228 g/mol. The molecule has 0 radical (unpaired) electrons. The van der Waals surface area contributed by atoms with Crippen LogP contribution < -0.4 is 11.5 Å². The smallest absolute Gasteiger partial charge is 0.249 e. The molecule has 0 saturated heterocycles. The predicted octanol–water partition coefficient (Wildman–Crippen LogP) is 0.302. The van der Waals surface area contributed by atoms with E-state index < -0.39 is 5.91 Å². The van der Waals surface area contributed by atoms with Crippen molar-refractivity contribution < 1.29 is 9.59 Å². The number of anilines is 1. The van der Waals surface area contributed by atoms with E-state index in [1.54, 1.807) is 12.1 Å². The first-order valence-electron chi connectivity index (χ1n) is 4.93. The Labute approximate surface area is 95.6 Å². The van der Waals surface area contributed by atoms with Gasteiger partial charge in [0.15, 0.2) is 11.6 Å². The molecule has 1 aromatic carbocycles. The second-order valence-corrected chi connectivity index (χ2v) is 3.78. The number of rotatable bonds is 1. The highest BCUT2D eigenvalue weighted by atomic mass is 16.1. The van der Waals surface area contributed by atoms with Crippen LogP contribution in [0.25, 0.3) is 11.3 Å². The zero-order valence-electron chi connectivity index (χ0n) is 8.65. The van der Waals surface area contributed by atoms with Gasteiger partial charge in [-0.3, -0.25) is 14.7 Å². The van der Waals surface area contributed by atoms with Gasteiger partial charge < -0.3 is 11.5 Å². The molecule has 17 heavy (non-hydrogen) atoms. The maximum Gasteiger partial charge on any atom is 0.249 e. The van der Waals surface area contributed by atoms with Gasteiger partial charge in [-0.25, -0.2) is 0 Å². The van der Waals surface area contributed by atoms with E-state index in [1.807, 2.05) is 0 Å². The van der Waals surface area contributed by atoms with E-state index in [2.05, 4.69) is 10.2 Å². The molecule has 0 fully saturated rings. The molecule has 1 aliphatic rings. The lowest BCUT2D eigenvalue weighted by Gasteiger charge is -2.03. The summed E-state index contributed by atoms with van der Waals surface area (Å²) in [5.74, 6) is -0.806. The van der Waals surface area contributed by atoms with Crippen molar-refractivity contribution in [2.75, 3.05) is 5.73 Å². The van der Waals surface area contributed by atoms with Crippen molar-refractivity contribution in [2.24, 2.45) is 5.73 Å². The molecule has 0 aliphatic heterocycles. The van der Waals surface area contributed by atoms with E-state index >= 15 is 0 Å². The minimum absolute atomic E-state index is 0.136. The molecule has 0 saturated carbocycles. The number of hydrogen-bond donors (Lipinski definition) is 3. The number of nitrogen functional groups attached to an aromatic ring is 1. The lowest BCUT2D eigenvalue weighted by Crippen LogP contribution is -2.15. The third kappa shape index (κ3) is 1.06. The molecule has 84 valence electrons. The Kier molecular flexibility index (Phi) is 1.66. The second-order valence-electron chi connectivity index (χ2n) is 3.78. The predicted molar refractivity (Wildman–Crippen MR) is 60.4 cm³/mol. The molecule has 1 aromatic heterocycles. The molecule has 1 amide bonds. The van der Waals surface area contributed by atoms with Crippen LogP contribution in [0.15, 0.2) is 18.2 Å². The maximum atomic E-state index is 12.1. The number of aromatic amines is 1. The molecule has 0 bridgehead atoms. The van der Waals surface area contributed by atoms with E-state index in [0.29, 0.717) is 22.4 Å². The van der Waals surface area contributed by atoms with E-state index in [1.165, 1.54) is 6.07 Å². The number of H-pyrrole nitrogens is 1. The van der Waals surface area contributed by atoms with E-state index in [4.69, 9.17) is 11.5 Å². The lowest BCUT2D eigenvalue weighted by molar-refractivity contribution is 0.0983. The Hall–Kier alpha value is -2.63. The summed E-state index contributed by atoms with van der Waals surface area (Å²) in [4.78, 5) is 23.4.